The molecule has 0 aromatic carbocycles. The molecule has 17 heavy (non-hydrogen) atoms. The number of Topliss-reactive ketones (excluding diaryl/α,β-unsaturated/α-hetero) is 1. The standard InChI is InChI=1S/C11H12N2O4/c1-6(2)12-9-4-3-7(13(16)17)5-8(9)10(14)11(12)15/h3-4,6,8H,5H2,1-2H3. The van der Waals surface area contributed by atoms with Crippen LogP contribution in [0.2, 0.25) is 0 Å². The number of amides is 1. The van der Waals surface area contributed by atoms with Crippen molar-refractivity contribution in [3.63, 3.8) is 0 Å². The number of hydrogen-bond acceptors (Lipinski definition) is 4. The van der Waals surface area contributed by atoms with Crippen LogP contribution in [0.15, 0.2) is 23.5 Å². The molecule has 90 valence electrons. The fourth-order valence-electron chi connectivity index (χ4n) is 2.21. The first kappa shape index (κ1) is 11.5. The maximum atomic E-state index is 11.7. The monoisotopic (exact) mass is 236 g/mol. The number of nitrogens with zero attached hydrogens (tertiary/aromatic N) is 2. The molecule has 1 fully saturated rings. The number of fused-ring (bicyclic) bond motifs is 1. The summed E-state index contributed by atoms with van der Waals surface area (Å²) in [5, 5.41) is 10.6. The van der Waals surface area contributed by atoms with Gasteiger partial charge < -0.3 is 4.90 Å². The van der Waals surface area contributed by atoms with E-state index in [-0.39, 0.29) is 18.2 Å². The molecular weight excluding hydrogens is 224 g/mol. The van der Waals surface area contributed by atoms with Crippen molar-refractivity contribution in [2.75, 3.05) is 0 Å². The van der Waals surface area contributed by atoms with Gasteiger partial charge in [0.15, 0.2) is 0 Å². The SMILES string of the molecule is CC(C)N1C(=O)C(=O)C2CC([N+](=O)[O-])=CC=C21. The fourth-order valence-corrected chi connectivity index (χ4v) is 2.21. The van der Waals surface area contributed by atoms with Gasteiger partial charge in [-0.25, -0.2) is 0 Å². The van der Waals surface area contributed by atoms with Crippen molar-refractivity contribution < 1.29 is 14.5 Å². The fraction of sp³-hybridized carbons (Fsp3) is 0.455. The van der Waals surface area contributed by atoms with Gasteiger partial charge in [-0.15, -0.1) is 0 Å². The Hall–Kier alpha value is -1.98. The molecule has 2 aliphatic rings. The molecular formula is C11H12N2O4. The van der Waals surface area contributed by atoms with Crippen molar-refractivity contribution in [3.8, 4) is 0 Å². The summed E-state index contributed by atoms with van der Waals surface area (Å²) in [5.41, 5.74) is 0.561. The van der Waals surface area contributed by atoms with Crippen molar-refractivity contribution in [1.29, 1.82) is 0 Å². The molecule has 1 aliphatic heterocycles. The molecule has 6 heteroatoms. The highest BCUT2D eigenvalue weighted by molar-refractivity contribution is 6.40. The number of carbonyl (C=O) groups excluding carboxylic acids is 2. The third-order valence-electron chi connectivity index (χ3n) is 2.99. The molecule has 2 rings (SSSR count). The van der Waals surface area contributed by atoms with Gasteiger partial charge in [0.25, 0.3) is 5.91 Å². The minimum Gasteiger partial charge on any atom is -0.306 e. The van der Waals surface area contributed by atoms with Crippen molar-refractivity contribution in [3.05, 3.63) is 33.7 Å². The van der Waals surface area contributed by atoms with E-state index in [2.05, 4.69) is 0 Å². The molecule has 6 nitrogen and oxygen atoms in total. The summed E-state index contributed by atoms with van der Waals surface area (Å²) in [6.45, 7) is 3.61. The van der Waals surface area contributed by atoms with E-state index >= 15 is 0 Å². The summed E-state index contributed by atoms with van der Waals surface area (Å²) in [5.74, 6) is -1.78. The Morgan fingerprint density at radius 1 is 1.41 bits per heavy atom. The zero-order valence-electron chi connectivity index (χ0n) is 9.54. The summed E-state index contributed by atoms with van der Waals surface area (Å²) in [7, 11) is 0. The van der Waals surface area contributed by atoms with E-state index < -0.39 is 22.5 Å². The first-order valence-corrected chi connectivity index (χ1v) is 5.36. The molecule has 1 heterocycles. The molecule has 0 spiro atoms. The Labute approximate surface area is 97.7 Å². The Morgan fingerprint density at radius 2 is 2.06 bits per heavy atom. The highest BCUT2D eigenvalue weighted by Gasteiger charge is 2.46. The molecule has 1 unspecified atom stereocenters. The van der Waals surface area contributed by atoms with Crippen molar-refractivity contribution in [2.45, 2.75) is 26.3 Å². The predicted octanol–water partition coefficient (Wildman–Crippen LogP) is 0.871. The average molecular weight is 236 g/mol. The van der Waals surface area contributed by atoms with Gasteiger partial charge in [0.2, 0.25) is 11.5 Å². The molecule has 0 bridgehead atoms. The topological polar surface area (TPSA) is 80.5 Å². The summed E-state index contributed by atoms with van der Waals surface area (Å²) < 4.78 is 0. The van der Waals surface area contributed by atoms with Crippen molar-refractivity contribution >= 4 is 11.7 Å². The predicted molar refractivity (Wildman–Crippen MR) is 58.3 cm³/mol. The van der Waals surface area contributed by atoms with E-state index in [0.717, 1.165) is 0 Å². The maximum absolute atomic E-state index is 11.7. The first-order valence-electron chi connectivity index (χ1n) is 5.36. The van der Waals surface area contributed by atoms with Gasteiger partial charge in [-0.1, -0.05) is 0 Å². The molecule has 1 atom stereocenters. The van der Waals surface area contributed by atoms with E-state index in [4.69, 9.17) is 0 Å². The first-order chi connectivity index (χ1) is 7.93. The highest BCUT2D eigenvalue weighted by Crippen LogP contribution is 2.35. The lowest BCUT2D eigenvalue weighted by atomic mass is 9.94. The second-order valence-electron chi connectivity index (χ2n) is 4.40. The van der Waals surface area contributed by atoms with Crippen LogP contribution < -0.4 is 0 Å². The number of carbonyl (C=O) groups is 2. The molecule has 0 aromatic rings. The van der Waals surface area contributed by atoms with E-state index in [0.29, 0.717) is 5.70 Å². The third kappa shape index (κ3) is 1.65. The third-order valence-corrected chi connectivity index (χ3v) is 2.99. The lowest BCUT2D eigenvalue weighted by molar-refractivity contribution is -0.428. The maximum Gasteiger partial charge on any atom is 0.295 e. The zero-order chi connectivity index (χ0) is 12.7. The number of hydrogen-bond donors (Lipinski definition) is 0. The van der Waals surface area contributed by atoms with Crippen LogP contribution in [0.3, 0.4) is 0 Å². The van der Waals surface area contributed by atoms with E-state index in [1.807, 2.05) is 0 Å². The molecule has 1 saturated heterocycles. The zero-order valence-corrected chi connectivity index (χ0v) is 9.54. The van der Waals surface area contributed by atoms with Crippen molar-refractivity contribution in [1.82, 2.24) is 4.90 Å². The molecule has 0 aromatic heterocycles. The quantitative estimate of drug-likeness (QED) is 0.404. The van der Waals surface area contributed by atoms with Crippen LogP contribution in [-0.4, -0.2) is 27.6 Å². The van der Waals surface area contributed by atoms with Crippen LogP contribution in [0.25, 0.3) is 0 Å². The molecule has 0 radical (unpaired) electrons. The van der Waals surface area contributed by atoms with Gasteiger partial charge in [0.1, 0.15) is 0 Å². The van der Waals surface area contributed by atoms with E-state index in [1.54, 1.807) is 13.8 Å². The minimum absolute atomic E-state index is 0.00657. The van der Waals surface area contributed by atoms with Crippen LogP contribution in [0, 0.1) is 16.0 Å². The van der Waals surface area contributed by atoms with Gasteiger partial charge in [-0.3, -0.25) is 19.7 Å². The number of allylic oxidation sites excluding steroid dienone is 4. The number of likely N-dealkylation sites (tertiary alicyclic amines) is 1. The number of rotatable bonds is 2. The molecule has 1 aliphatic carbocycles. The molecule has 0 N–H and O–H groups in total. The lowest BCUT2D eigenvalue weighted by Gasteiger charge is -2.24. The number of ketones is 1. The van der Waals surface area contributed by atoms with Gasteiger partial charge in [0.05, 0.1) is 17.3 Å². The second-order valence-corrected chi connectivity index (χ2v) is 4.40. The normalized spacial score (nSPS) is 23.7. The van der Waals surface area contributed by atoms with Crippen LogP contribution in [0.4, 0.5) is 0 Å². The van der Waals surface area contributed by atoms with Crippen molar-refractivity contribution in [2.24, 2.45) is 5.92 Å². The van der Waals surface area contributed by atoms with Crippen LogP contribution in [-0.2, 0) is 9.59 Å². The van der Waals surface area contributed by atoms with Gasteiger partial charge in [-0.05, 0) is 19.9 Å². The van der Waals surface area contributed by atoms with Gasteiger partial charge in [-0.2, -0.15) is 0 Å². The summed E-state index contributed by atoms with van der Waals surface area (Å²) in [4.78, 5) is 35.0. The Morgan fingerprint density at radius 3 is 2.59 bits per heavy atom. The van der Waals surface area contributed by atoms with Crippen LogP contribution >= 0.6 is 0 Å². The summed E-state index contributed by atoms with van der Waals surface area (Å²) in [6, 6.07) is -0.117. The number of nitro groups is 1. The molecule has 1 amide bonds. The largest absolute Gasteiger partial charge is 0.306 e. The smallest absolute Gasteiger partial charge is 0.295 e. The summed E-state index contributed by atoms with van der Waals surface area (Å²) in [6.07, 6.45) is 2.88. The highest BCUT2D eigenvalue weighted by atomic mass is 16.6. The Bertz CT molecular complexity index is 476. The van der Waals surface area contributed by atoms with E-state index in [1.165, 1.54) is 17.1 Å². The van der Waals surface area contributed by atoms with E-state index in [9.17, 15) is 19.7 Å². The second kappa shape index (κ2) is 3.80. The van der Waals surface area contributed by atoms with Gasteiger partial charge in [0, 0.05) is 17.8 Å². The van der Waals surface area contributed by atoms with Crippen LogP contribution in [0.5, 0.6) is 0 Å². The van der Waals surface area contributed by atoms with Crippen LogP contribution in [0.1, 0.15) is 20.3 Å². The minimum atomic E-state index is -0.671. The summed E-state index contributed by atoms with van der Waals surface area (Å²) >= 11 is 0. The average Bonchev–Trinajstić information content (AvgIpc) is 2.51. The lowest BCUT2D eigenvalue weighted by Crippen LogP contribution is -2.32. The molecule has 0 saturated carbocycles. The van der Waals surface area contributed by atoms with Gasteiger partial charge >= 0.3 is 0 Å². The Kier molecular flexibility index (Phi) is 2.57. The Balaban J connectivity index is 2.41.